The van der Waals surface area contributed by atoms with Crippen molar-refractivity contribution in [3.8, 4) is 17.2 Å². The van der Waals surface area contributed by atoms with Crippen LogP contribution >= 0.6 is 0 Å². The van der Waals surface area contributed by atoms with Crippen LogP contribution in [-0.2, 0) is 9.53 Å². The molecule has 2 aromatic carbocycles. The minimum absolute atomic E-state index is 0.180. The highest BCUT2D eigenvalue weighted by atomic mass is 16.5. The lowest BCUT2D eigenvalue weighted by Gasteiger charge is -2.16. The predicted molar refractivity (Wildman–Crippen MR) is 101 cm³/mol. The zero-order valence-corrected chi connectivity index (χ0v) is 16.0. The Balaban J connectivity index is 2.11. The van der Waals surface area contributed by atoms with Crippen molar-refractivity contribution >= 4 is 17.6 Å². The van der Waals surface area contributed by atoms with Gasteiger partial charge in [0.2, 0.25) is 5.75 Å². The van der Waals surface area contributed by atoms with E-state index in [9.17, 15) is 9.59 Å². The number of carbonyl (C=O) groups is 2. The lowest BCUT2D eigenvalue weighted by molar-refractivity contribution is -0.123. The molecule has 1 amide bonds. The summed E-state index contributed by atoms with van der Waals surface area (Å²) in [7, 11) is 4.37. The van der Waals surface area contributed by atoms with Crippen molar-refractivity contribution in [1.82, 2.24) is 0 Å². The number of esters is 1. The van der Waals surface area contributed by atoms with Crippen molar-refractivity contribution in [3.63, 3.8) is 0 Å². The van der Waals surface area contributed by atoms with Crippen molar-refractivity contribution < 1.29 is 28.5 Å². The number of nitrogens with one attached hydrogen (secondary N) is 1. The number of carbonyl (C=O) groups excluding carboxylic acids is 2. The van der Waals surface area contributed by atoms with E-state index in [1.165, 1.54) is 40.4 Å². The first kappa shape index (κ1) is 20.1. The van der Waals surface area contributed by atoms with Crippen LogP contribution in [0.3, 0.4) is 0 Å². The highest BCUT2D eigenvalue weighted by Crippen LogP contribution is 2.38. The molecule has 1 N–H and O–H groups in total. The van der Waals surface area contributed by atoms with Crippen LogP contribution in [0.15, 0.2) is 36.4 Å². The highest BCUT2D eigenvalue weighted by molar-refractivity contribution is 5.97. The van der Waals surface area contributed by atoms with Crippen molar-refractivity contribution in [2.24, 2.45) is 0 Å². The molecule has 0 spiro atoms. The number of methoxy groups -OCH3 is 3. The van der Waals surface area contributed by atoms with Gasteiger partial charge in [0.05, 0.1) is 26.9 Å². The highest BCUT2D eigenvalue weighted by Gasteiger charge is 2.22. The third-order valence-electron chi connectivity index (χ3n) is 3.87. The Morgan fingerprint density at radius 1 is 0.926 bits per heavy atom. The van der Waals surface area contributed by atoms with E-state index in [0.29, 0.717) is 22.9 Å². The SMILES string of the molecule is COc1cc(C(=O)OC(C)C(=O)Nc2ccc(C)cc2)cc(OC)c1OC. The van der Waals surface area contributed by atoms with E-state index < -0.39 is 18.0 Å². The third-order valence-corrected chi connectivity index (χ3v) is 3.87. The maximum atomic E-state index is 12.4. The molecule has 144 valence electrons. The maximum absolute atomic E-state index is 12.4. The fourth-order valence-corrected chi connectivity index (χ4v) is 2.36. The zero-order valence-electron chi connectivity index (χ0n) is 16.0. The van der Waals surface area contributed by atoms with Crippen LogP contribution < -0.4 is 19.5 Å². The van der Waals surface area contributed by atoms with Crippen molar-refractivity contribution in [2.75, 3.05) is 26.6 Å². The van der Waals surface area contributed by atoms with Gasteiger partial charge in [-0.1, -0.05) is 17.7 Å². The quantitative estimate of drug-likeness (QED) is 0.751. The molecule has 1 atom stereocenters. The second-order valence-corrected chi connectivity index (χ2v) is 5.82. The van der Waals surface area contributed by atoms with E-state index in [1.54, 1.807) is 12.1 Å². The molecule has 0 saturated carbocycles. The predicted octanol–water partition coefficient (Wildman–Crippen LogP) is 3.20. The Hall–Kier alpha value is -3.22. The minimum atomic E-state index is -0.988. The van der Waals surface area contributed by atoms with Gasteiger partial charge in [-0.15, -0.1) is 0 Å². The summed E-state index contributed by atoms with van der Waals surface area (Å²) in [5.41, 5.74) is 1.88. The molecule has 2 rings (SSSR count). The molecule has 0 aliphatic carbocycles. The van der Waals surface area contributed by atoms with Crippen LogP contribution in [0.1, 0.15) is 22.8 Å². The molecule has 27 heavy (non-hydrogen) atoms. The molecular weight excluding hydrogens is 350 g/mol. The molecule has 0 aliphatic heterocycles. The zero-order chi connectivity index (χ0) is 20.0. The number of hydrogen-bond acceptors (Lipinski definition) is 6. The minimum Gasteiger partial charge on any atom is -0.493 e. The largest absolute Gasteiger partial charge is 0.493 e. The van der Waals surface area contributed by atoms with Gasteiger partial charge in [0, 0.05) is 5.69 Å². The molecule has 0 fully saturated rings. The molecule has 7 nitrogen and oxygen atoms in total. The van der Waals surface area contributed by atoms with Crippen LogP contribution in [0.5, 0.6) is 17.2 Å². The first-order valence-electron chi connectivity index (χ1n) is 8.28. The van der Waals surface area contributed by atoms with Gasteiger partial charge in [-0.3, -0.25) is 4.79 Å². The van der Waals surface area contributed by atoms with Gasteiger partial charge in [-0.25, -0.2) is 4.79 Å². The van der Waals surface area contributed by atoms with E-state index >= 15 is 0 Å². The van der Waals surface area contributed by atoms with Gasteiger partial charge in [0.15, 0.2) is 17.6 Å². The molecule has 7 heteroatoms. The lowest BCUT2D eigenvalue weighted by atomic mass is 10.2. The average Bonchev–Trinajstić information content (AvgIpc) is 2.68. The number of rotatable bonds is 7. The fraction of sp³-hybridized carbons (Fsp3) is 0.300. The van der Waals surface area contributed by atoms with E-state index in [1.807, 2.05) is 19.1 Å². The summed E-state index contributed by atoms with van der Waals surface area (Å²) in [5, 5.41) is 2.70. The topological polar surface area (TPSA) is 83.1 Å². The maximum Gasteiger partial charge on any atom is 0.339 e. The smallest absolute Gasteiger partial charge is 0.339 e. The van der Waals surface area contributed by atoms with Crippen LogP contribution in [-0.4, -0.2) is 39.3 Å². The normalized spacial score (nSPS) is 11.3. The summed E-state index contributed by atoms with van der Waals surface area (Å²) < 4.78 is 20.9. The molecule has 0 bridgehead atoms. The van der Waals surface area contributed by atoms with Gasteiger partial charge in [0.1, 0.15) is 0 Å². The summed E-state index contributed by atoms with van der Waals surface area (Å²) in [6.07, 6.45) is -0.988. The van der Waals surface area contributed by atoms with Crippen molar-refractivity contribution in [1.29, 1.82) is 0 Å². The van der Waals surface area contributed by atoms with Crippen LogP contribution in [0, 0.1) is 6.92 Å². The molecule has 0 aliphatic rings. The lowest BCUT2D eigenvalue weighted by Crippen LogP contribution is -2.30. The molecule has 0 heterocycles. The first-order chi connectivity index (χ1) is 12.9. The van der Waals surface area contributed by atoms with Crippen LogP contribution in [0.25, 0.3) is 0 Å². The third kappa shape index (κ3) is 4.91. The summed E-state index contributed by atoms with van der Waals surface area (Å²) in [5.74, 6) is -0.108. The summed E-state index contributed by atoms with van der Waals surface area (Å²) in [4.78, 5) is 24.7. The van der Waals surface area contributed by atoms with Gasteiger partial charge in [0.25, 0.3) is 5.91 Å². The number of ether oxygens (including phenoxy) is 4. The molecule has 0 aromatic heterocycles. The van der Waals surface area contributed by atoms with Gasteiger partial charge < -0.3 is 24.3 Å². The van der Waals surface area contributed by atoms with E-state index in [-0.39, 0.29) is 5.56 Å². The molecular formula is C20H23NO6. The molecule has 1 unspecified atom stereocenters. The molecule has 0 saturated heterocycles. The molecule has 0 radical (unpaired) electrons. The monoisotopic (exact) mass is 373 g/mol. The Morgan fingerprint density at radius 3 is 1.96 bits per heavy atom. The van der Waals surface area contributed by atoms with Crippen molar-refractivity contribution in [3.05, 3.63) is 47.5 Å². The summed E-state index contributed by atoms with van der Waals surface area (Å²) in [6.45, 7) is 3.45. The Bertz CT molecular complexity index is 791. The van der Waals surface area contributed by atoms with Gasteiger partial charge in [-0.05, 0) is 38.1 Å². The van der Waals surface area contributed by atoms with E-state index in [2.05, 4.69) is 5.32 Å². The summed E-state index contributed by atoms with van der Waals surface area (Å²) in [6, 6.07) is 10.2. The van der Waals surface area contributed by atoms with Crippen LogP contribution in [0.2, 0.25) is 0 Å². The number of aryl methyl sites for hydroxylation is 1. The van der Waals surface area contributed by atoms with Crippen molar-refractivity contribution in [2.45, 2.75) is 20.0 Å². The second-order valence-electron chi connectivity index (χ2n) is 5.82. The number of hydrogen-bond donors (Lipinski definition) is 1. The van der Waals surface area contributed by atoms with Gasteiger partial charge in [-0.2, -0.15) is 0 Å². The Labute approximate surface area is 158 Å². The molecule has 2 aromatic rings. The Morgan fingerprint density at radius 2 is 1.48 bits per heavy atom. The van der Waals surface area contributed by atoms with E-state index in [0.717, 1.165) is 5.56 Å². The van der Waals surface area contributed by atoms with Crippen LogP contribution in [0.4, 0.5) is 5.69 Å². The Kier molecular flexibility index (Phi) is 6.65. The summed E-state index contributed by atoms with van der Waals surface area (Å²) >= 11 is 0. The first-order valence-corrected chi connectivity index (χ1v) is 8.28. The average molecular weight is 373 g/mol. The fourth-order valence-electron chi connectivity index (χ4n) is 2.36. The number of benzene rings is 2. The van der Waals surface area contributed by atoms with Gasteiger partial charge >= 0.3 is 5.97 Å². The second kappa shape index (κ2) is 8.93. The standard InChI is InChI=1S/C20H23NO6/c1-12-6-8-15(9-7-12)21-19(22)13(2)27-20(23)14-10-16(24-3)18(26-5)17(11-14)25-4/h6-11,13H,1-5H3,(H,21,22). The number of anilines is 1. The van der Waals surface area contributed by atoms with E-state index in [4.69, 9.17) is 18.9 Å². The number of amides is 1.